The Hall–Kier alpha value is -0.160. The third-order valence-corrected chi connectivity index (χ3v) is 8.27. The molecule has 2 saturated carbocycles. The lowest BCUT2D eigenvalue weighted by Gasteiger charge is -2.38. The Morgan fingerprint density at radius 3 is 2.48 bits per heavy atom. The largest absolute Gasteiger partial charge is 0.462 e. The second-order valence-corrected chi connectivity index (χ2v) is 11.5. The lowest BCUT2D eigenvalue weighted by molar-refractivity contribution is -0.312. The van der Waals surface area contributed by atoms with Crippen LogP contribution in [0.25, 0.3) is 0 Å². The van der Waals surface area contributed by atoms with Crippen molar-refractivity contribution in [3.05, 3.63) is 0 Å². The topological polar surface area (TPSA) is 109 Å². The molecule has 40 heavy (non-hydrogen) atoms. The van der Waals surface area contributed by atoms with Crippen LogP contribution >= 0.6 is 22.6 Å². The number of esters is 1. The number of ether oxygens (including phenoxy) is 10. The minimum atomic E-state index is -0.625. The summed E-state index contributed by atoms with van der Waals surface area (Å²) in [6, 6.07) is 0. The van der Waals surface area contributed by atoms with E-state index < -0.39 is 30.1 Å². The lowest BCUT2D eigenvalue weighted by atomic mass is 9.94. The Bertz CT molecular complexity index is 738. The highest BCUT2D eigenvalue weighted by atomic mass is 127. The summed E-state index contributed by atoms with van der Waals surface area (Å²) in [5.74, 6) is -1.58. The summed E-state index contributed by atoms with van der Waals surface area (Å²) < 4.78 is 59.9. The van der Waals surface area contributed by atoms with Crippen LogP contribution in [0.2, 0.25) is 0 Å². The van der Waals surface area contributed by atoms with Gasteiger partial charge in [0.05, 0.1) is 32.5 Å². The number of hydrogen-bond acceptors (Lipinski definition) is 11. The predicted molar refractivity (Wildman–Crippen MR) is 151 cm³/mol. The van der Waals surface area contributed by atoms with Crippen LogP contribution in [0.1, 0.15) is 77.6 Å². The van der Waals surface area contributed by atoms with E-state index in [-0.39, 0.29) is 38.1 Å². The Kier molecular flexibility index (Phi) is 13.6. The molecule has 0 bridgehead atoms. The molecule has 5 atom stereocenters. The van der Waals surface area contributed by atoms with E-state index in [0.29, 0.717) is 30.9 Å². The molecule has 2 unspecified atom stereocenters. The maximum Gasteiger partial charge on any atom is 0.332 e. The third-order valence-electron chi connectivity index (χ3n) is 7.95. The number of halogens is 1. The fourth-order valence-corrected chi connectivity index (χ4v) is 6.56. The molecule has 2 aliphatic heterocycles. The number of methoxy groups -OCH3 is 1. The van der Waals surface area contributed by atoms with E-state index in [1.54, 1.807) is 7.11 Å². The highest BCUT2D eigenvalue weighted by molar-refractivity contribution is 14.1. The lowest BCUT2D eigenvalue weighted by Crippen LogP contribution is -2.42. The van der Waals surface area contributed by atoms with E-state index in [1.165, 1.54) is 12.8 Å². The van der Waals surface area contributed by atoms with E-state index in [1.807, 2.05) is 6.92 Å². The van der Waals surface area contributed by atoms with E-state index in [9.17, 15) is 4.79 Å². The summed E-state index contributed by atoms with van der Waals surface area (Å²) in [5.41, 5.74) is 0. The summed E-state index contributed by atoms with van der Waals surface area (Å²) in [6.07, 6.45) is 8.86. The van der Waals surface area contributed by atoms with Crippen molar-refractivity contribution in [1.82, 2.24) is 0 Å². The smallest absolute Gasteiger partial charge is 0.332 e. The maximum absolute atomic E-state index is 11.8. The van der Waals surface area contributed by atoms with Gasteiger partial charge in [0.1, 0.15) is 30.0 Å². The molecule has 0 amide bonds. The van der Waals surface area contributed by atoms with Gasteiger partial charge in [0, 0.05) is 39.2 Å². The zero-order valence-electron chi connectivity index (χ0n) is 24.0. The molecule has 0 aromatic rings. The van der Waals surface area contributed by atoms with Crippen LogP contribution in [0.4, 0.5) is 0 Å². The van der Waals surface area contributed by atoms with E-state index in [2.05, 4.69) is 22.6 Å². The number of hydrogen-bond donors (Lipinski definition) is 0. The van der Waals surface area contributed by atoms with Crippen molar-refractivity contribution in [2.24, 2.45) is 0 Å². The molecule has 232 valence electrons. The standard InChI is InChI=1S/C28H47IO11/c1-21(33-15-16-34-24(30)19-32-14-13-31-2)37-22-17-25(40-28(36-20-29)11-7-4-8-12-28)38-26(22)23-18-35-27(39-23)9-5-3-6-10-27/h21-23,25-26H,3-20H2,1-2H3/t21?,22-,23?,25-,26+/m1/s1. The van der Waals surface area contributed by atoms with E-state index >= 15 is 0 Å². The average molecular weight is 687 g/mol. The maximum atomic E-state index is 11.8. The van der Waals surface area contributed by atoms with Gasteiger partial charge in [-0.25, -0.2) is 4.79 Å². The number of carbonyl (C=O) groups excluding carboxylic acids is 1. The highest BCUT2D eigenvalue weighted by Crippen LogP contribution is 2.43. The van der Waals surface area contributed by atoms with Crippen LogP contribution in [0.3, 0.4) is 0 Å². The van der Waals surface area contributed by atoms with Gasteiger partial charge in [0.2, 0.25) is 0 Å². The fourth-order valence-electron chi connectivity index (χ4n) is 5.99. The van der Waals surface area contributed by atoms with Crippen LogP contribution in [0, 0.1) is 0 Å². The van der Waals surface area contributed by atoms with Crippen molar-refractivity contribution in [3.63, 3.8) is 0 Å². The molecule has 2 heterocycles. The Morgan fingerprint density at radius 2 is 1.75 bits per heavy atom. The van der Waals surface area contributed by atoms with Gasteiger partial charge in [0.25, 0.3) is 0 Å². The number of carbonyl (C=O) groups is 1. The van der Waals surface area contributed by atoms with Crippen molar-refractivity contribution in [2.45, 2.75) is 120 Å². The second-order valence-electron chi connectivity index (χ2n) is 10.9. The molecule has 0 aromatic heterocycles. The Balaban J connectivity index is 1.29. The van der Waals surface area contributed by atoms with E-state index in [0.717, 1.165) is 51.4 Å². The van der Waals surface area contributed by atoms with Crippen molar-refractivity contribution in [3.8, 4) is 0 Å². The first kappa shape index (κ1) is 32.7. The van der Waals surface area contributed by atoms with Crippen LogP contribution in [-0.4, -0.2) is 99.8 Å². The van der Waals surface area contributed by atoms with Gasteiger partial charge in [-0.05, 0) is 32.6 Å². The average Bonchev–Trinajstić information content (AvgIpc) is 3.53. The van der Waals surface area contributed by atoms with Crippen molar-refractivity contribution < 1.29 is 52.2 Å². The molecule has 4 aliphatic rings. The van der Waals surface area contributed by atoms with E-state index in [4.69, 9.17) is 47.4 Å². The van der Waals surface area contributed by atoms with Gasteiger partial charge in [-0.1, -0.05) is 35.4 Å². The van der Waals surface area contributed by atoms with Crippen LogP contribution in [0.15, 0.2) is 0 Å². The van der Waals surface area contributed by atoms with Gasteiger partial charge in [-0.3, -0.25) is 0 Å². The summed E-state index contributed by atoms with van der Waals surface area (Å²) >= 11 is 2.23. The Morgan fingerprint density at radius 1 is 1.00 bits per heavy atom. The summed E-state index contributed by atoms with van der Waals surface area (Å²) in [6.45, 7) is 3.24. The molecular weight excluding hydrogens is 639 g/mol. The monoisotopic (exact) mass is 686 g/mol. The van der Waals surface area contributed by atoms with Crippen LogP contribution in [0.5, 0.6) is 0 Å². The van der Waals surface area contributed by atoms with Crippen molar-refractivity contribution >= 4 is 28.6 Å². The molecule has 11 nitrogen and oxygen atoms in total. The molecule has 0 radical (unpaired) electrons. The zero-order valence-corrected chi connectivity index (χ0v) is 26.1. The van der Waals surface area contributed by atoms with Crippen LogP contribution in [-0.2, 0) is 52.2 Å². The summed E-state index contributed by atoms with van der Waals surface area (Å²) in [5, 5.41) is 0. The molecule has 0 N–H and O–H groups in total. The molecule has 2 saturated heterocycles. The van der Waals surface area contributed by atoms with Crippen molar-refractivity contribution in [1.29, 1.82) is 0 Å². The first-order chi connectivity index (χ1) is 19.5. The summed E-state index contributed by atoms with van der Waals surface area (Å²) in [7, 11) is 1.57. The van der Waals surface area contributed by atoms with Gasteiger partial charge < -0.3 is 47.4 Å². The predicted octanol–water partition coefficient (Wildman–Crippen LogP) is 4.22. The minimum absolute atomic E-state index is 0.106. The van der Waals surface area contributed by atoms with Gasteiger partial charge in [0.15, 0.2) is 24.2 Å². The zero-order chi connectivity index (χ0) is 28.3. The molecule has 12 heteroatoms. The highest BCUT2D eigenvalue weighted by Gasteiger charge is 2.52. The number of alkyl halides is 1. The van der Waals surface area contributed by atoms with Gasteiger partial charge >= 0.3 is 5.97 Å². The molecule has 2 aliphatic carbocycles. The van der Waals surface area contributed by atoms with Gasteiger partial charge in [-0.15, -0.1) is 0 Å². The quantitative estimate of drug-likeness (QED) is 0.0766. The third kappa shape index (κ3) is 9.68. The SMILES string of the molecule is COCCOCC(=O)OCCOC(C)O[C@@H]1C[C@@H](OC2(OCI)CCCCC2)O[C@@H]1C1COC2(CCCCC2)O1. The van der Waals surface area contributed by atoms with Gasteiger partial charge in [-0.2, -0.15) is 0 Å². The molecule has 4 rings (SSSR count). The van der Waals surface area contributed by atoms with Crippen molar-refractivity contribution in [2.75, 3.05) is 51.4 Å². The first-order valence-electron chi connectivity index (χ1n) is 14.8. The molecular formula is C28H47IO11. The molecule has 0 aromatic carbocycles. The fraction of sp³-hybridized carbons (Fsp3) is 0.964. The normalized spacial score (nSPS) is 30.5. The Labute approximate surface area is 251 Å². The number of rotatable bonds is 16. The summed E-state index contributed by atoms with van der Waals surface area (Å²) in [4.78, 5) is 11.8. The molecule has 4 fully saturated rings. The minimum Gasteiger partial charge on any atom is -0.462 e. The van der Waals surface area contributed by atoms with Crippen LogP contribution < -0.4 is 0 Å². The molecule has 1 spiro atoms. The second kappa shape index (κ2) is 16.6. The first-order valence-corrected chi connectivity index (χ1v) is 16.3.